The molecule has 0 fully saturated rings. The molecule has 1 aromatic heterocycles. The van der Waals surface area contributed by atoms with Gasteiger partial charge in [0.05, 0.1) is 0 Å². The number of rotatable bonds is 4. The van der Waals surface area contributed by atoms with Crippen LogP contribution in [0.25, 0.3) is 20.2 Å². The molecule has 0 spiro atoms. The highest BCUT2D eigenvalue weighted by atomic mass is 32.1. The average molecular weight is 419 g/mol. The molecule has 0 saturated carbocycles. The van der Waals surface area contributed by atoms with E-state index in [1.54, 1.807) is 0 Å². The van der Waals surface area contributed by atoms with Gasteiger partial charge in [0, 0.05) is 20.2 Å². The Morgan fingerprint density at radius 3 is 1.07 bits per heavy atom. The quantitative estimate of drug-likeness (QED) is 0.423. The summed E-state index contributed by atoms with van der Waals surface area (Å²) in [5.74, 6) is 0. The summed E-state index contributed by atoms with van der Waals surface area (Å²) < 4.78 is 2.76. The van der Waals surface area contributed by atoms with Gasteiger partial charge in [-0.15, -0.1) is 11.3 Å². The fourth-order valence-corrected chi connectivity index (χ4v) is 3.23. The molecule has 2 aromatic carbocycles. The predicted molar refractivity (Wildman–Crippen MR) is 140 cm³/mol. The molecule has 0 aliphatic rings. The Balaban J connectivity index is 0. The van der Waals surface area contributed by atoms with E-state index in [9.17, 15) is 0 Å². The molecule has 3 aromatic rings. The van der Waals surface area contributed by atoms with Crippen molar-refractivity contribution in [2.75, 3.05) is 40.3 Å². The Bertz CT molecular complexity index is 652. The topological polar surface area (TPSA) is 6.48 Å². The van der Waals surface area contributed by atoms with Gasteiger partial charge < -0.3 is 9.80 Å². The number of hydrogen-bond donors (Lipinski definition) is 0. The van der Waals surface area contributed by atoms with Gasteiger partial charge in [0.15, 0.2) is 0 Å². The minimum Gasteiger partial charge on any atom is -0.307 e. The molecule has 0 unspecified atom stereocenters. The summed E-state index contributed by atoms with van der Waals surface area (Å²) in [4.78, 5) is 4.50. The van der Waals surface area contributed by atoms with Crippen LogP contribution in [-0.2, 0) is 0 Å². The van der Waals surface area contributed by atoms with Gasteiger partial charge in [-0.1, -0.05) is 91.8 Å². The molecule has 3 rings (SSSR count). The minimum absolute atomic E-state index is 1.16. The molecule has 0 saturated heterocycles. The maximum absolute atomic E-state index is 2.25. The van der Waals surface area contributed by atoms with Gasteiger partial charge in [0.25, 0.3) is 0 Å². The highest BCUT2D eigenvalue weighted by molar-refractivity contribution is 7.25. The number of fused-ring (bicyclic) bond motifs is 3. The van der Waals surface area contributed by atoms with Crippen LogP contribution in [0, 0.1) is 0 Å². The van der Waals surface area contributed by atoms with Crippen LogP contribution in [0.4, 0.5) is 0 Å². The fourth-order valence-electron chi connectivity index (χ4n) is 2.12. The maximum atomic E-state index is 2.25. The smallest absolute Gasteiger partial charge is 0.0355 e. The lowest BCUT2D eigenvalue weighted by Gasteiger charge is -2.07. The molecular weight excluding hydrogens is 372 g/mol. The Morgan fingerprint density at radius 1 is 0.552 bits per heavy atom. The average Bonchev–Trinajstić information content (AvgIpc) is 3.20. The van der Waals surface area contributed by atoms with E-state index in [0.29, 0.717) is 0 Å². The second-order valence-electron chi connectivity index (χ2n) is 6.07. The van der Waals surface area contributed by atoms with Crippen LogP contribution in [0.15, 0.2) is 48.5 Å². The van der Waals surface area contributed by atoms with Crippen LogP contribution >= 0.6 is 11.3 Å². The first-order chi connectivity index (χ1) is 14.1. The second-order valence-corrected chi connectivity index (χ2v) is 7.16. The van der Waals surface area contributed by atoms with Gasteiger partial charge in [-0.25, -0.2) is 0 Å². The van der Waals surface area contributed by atoms with E-state index in [1.807, 2.05) is 39.0 Å². The first-order valence-corrected chi connectivity index (χ1v) is 12.1. The molecule has 29 heavy (non-hydrogen) atoms. The fraction of sp³-hybridized carbons (Fsp3) is 0.538. The van der Waals surface area contributed by atoms with Crippen LogP contribution in [0.3, 0.4) is 0 Å². The molecule has 2 nitrogen and oxygen atoms in total. The van der Waals surface area contributed by atoms with Crippen molar-refractivity contribution in [3.63, 3.8) is 0 Å². The predicted octanol–water partition coefficient (Wildman–Crippen LogP) is 8.02. The van der Waals surface area contributed by atoms with E-state index < -0.39 is 0 Å². The van der Waals surface area contributed by atoms with E-state index in [1.165, 1.54) is 20.2 Å². The van der Waals surface area contributed by atoms with Gasteiger partial charge >= 0.3 is 0 Å². The van der Waals surface area contributed by atoms with Crippen LogP contribution in [0.2, 0.25) is 0 Å². The van der Waals surface area contributed by atoms with Crippen molar-refractivity contribution in [3.8, 4) is 0 Å². The van der Waals surface area contributed by atoms with Gasteiger partial charge in [-0.3, -0.25) is 0 Å². The van der Waals surface area contributed by atoms with E-state index in [-0.39, 0.29) is 0 Å². The highest BCUT2D eigenvalue weighted by Crippen LogP contribution is 2.32. The zero-order chi connectivity index (χ0) is 22.7. The molecule has 0 atom stereocenters. The normalized spacial score (nSPS) is 9.52. The summed E-state index contributed by atoms with van der Waals surface area (Å²) in [5.41, 5.74) is 0. The molecule has 1 heterocycles. The largest absolute Gasteiger partial charge is 0.307 e. The van der Waals surface area contributed by atoms with Crippen molar-refractivity contribution in [1.82, 2.24) is 9.80 Å². The SMILES string of the molecule is CC.CC.CCN(C)CC.CCN(C)CC.c1ccc2c(c1)sc1ccccc12. The summed E-state index contributed by atoms with van der Waals surface area (Å²) in [5, 5.41) is 2.76. The summed E-state index contributed by atoms with van der Waals surface area (Å²) in [6.07, 6.45) is 0. The highest BCUT2D eigenvalue weighted by Gasteiger charge is 2.01. The molecule has 0 aliphatic heterocycles. The summed E-state index contributed by atoms with van der Waals surface area (Å²) in [6.45, 7) is 21.3. The zero-order valence-electron chi connectivity index (χ0n) is 20.7. The maximum Gasteiger partial charge on any atom is 0.0355 e. The molecule has 0 bridgehead atoms. The van der Waals surface area contributed by atoms with E-state index in [4.69, 9.17) is 0 Å². The van der Waals surface area contributed by atoms with Crippen LogP contribution in [-0.4, -0.2) is 50.1 Å². The number of nitrogens with zero attached hydrogens (tertiary/aromatic N) is 2. The molecule has 166 valence electrons. The number of benzene rings is 2. The van der Waals surface area contributed by atoms with Crippen molar-refractivity contribution >= 4 is 31.5 Å². The van der Waals surface area contributed by atoms with Crippen LogP contribution in [0.1, 0.15) is 55.4 Å². The first kappa shape index (κ1) is 29.8. The molecule has 0 N–H and O–H groups in total. The molecule has 0 radical (unpaired) electrons. The summed E-state index contributed by atoms with van der Waals surface area (Å²) >= 11 is 1.86. The van der Waals surface area contributed by atoms with Gasteiger partial charge in [0.2, 0.25) is 0 Å². The van der Waals surface area contributed by atoms with E-state index >= 15 is 0 Å². The van der Waals surface area contributed by atoms with E-state index in [0.717, 1.165) is 26.2 Å². The molecule has 0 amide bonds. The lowest BCUT2D eigenvalue weighted by Crippen LogP contribution is -2.15. The van der Waals surface area contributed by atoms with E-state index in [2.05, 4.69) is 100 Å². The second kappa shape index (κ2) is 19.9. The van der Waals surface area contributed by atoms with Gasteiger partial charge in [-0.05, 0) is 52.4 Å². The summed E-state index contributed by atoms with van der Waals surface area (Å²) in [7, 11) is 4.22. The third-order valence-corrected chi connectivity index (χ3v) is 5.60. The minimum atomic E-state index is 1.16. The lowest BCUT2D eigenvalue weighted by atomic mass is 10.2. The Hall–Kier alpha value is -1.42. The van der Waals surface area contributed by atoms with Crippen LogP contribution in [0.5, 0.6) is 0 Å². The Morgan fingerprint density at radius 2 is 0.828 bits per heavy atom. The molecule has 0 aliphatic carbocycles. The van der Waals surface area contributed by atoms with Crippen molar-refractivity contribution in [2.24, 2.45) is 0 Å². The van der Waals surface area contributed by atoms with Crippen molar-refractivity contribution in [3.05, 3.63) is 48.5 Å². The van der Waals surface area contributed by atoms with Crippen molar-refractivity contribution in [2.45, 2.75) is 55.4 Å². The van der Waals surface area contributed by atoms with Crippen molar-refractivity contribution in [1.29, 1.82) is 0 Å². The standard InChI is InChI=1S/C12H8S.2C5H13N.2C2H6/c1-3-7-11-9(5-1)10-6-2-4-8-12(10)13-11;2*1-4-6(3)5-2;2*1-2/h1-8H;2*4-5H2,1-3H3;2*1-2H3. The Labute approximate surface area is 185 Å². The van der Waals surface area contributed by atoms with Gasteiger partial charge in [-0.2, -0.15) is 0 Å². The number of hydrogen-bond acceptors (Lipinski definition) is 3. The third-order valence-electron chi connectivity index (χ3n) is 4.44. The monoisotopic (exact) mass is 418 g/mol. The molecule has 3 heteroatoms. The first-order valence-electron chi connectivity index (χ1n) is 11.3. The van der Waals surface area contributed by atoms with Gasteiger partial charge in [0.1, 0.15) is 0 Å². The third kappa shape index (κ3) is 12.0. The lowest BCUT2D eigenvalue weighted by molar-refractivity contribution is 0.373. The zero-order valence-corrected chi connectivity index (χ0v) is 21.6. The summed E-state index contributed by atoms with van der Waals surface area (Å²) in [6, 6.07) is 17.1. The number of thiophene rings is 1. The molecular formula is C26H46N2S. The van der Waals surface area contributed by atoms with Crippen LogP contribution < -0.4 is 0 Å². The van der Waals surface area contributed by atoms with Crippen molar-refractivity contribution < 1.29 is 0 Å². The Kier molecular flexibility index (Phi) is 20.4.